The van der Waals surface area contributed by atoms with E-state index in [-0.39, 0.29) is 6.04 Å². The van der Waals surface area contributed by atoms with E-state index in [2.05, 4.69) is 39.5 Å². The fourth-order valence-corrected chi connectivity index (χ4v) is 3.57. The van der Waals surface area contributed by atoms with Crippen molar-refractivity contribution in [1.29, 1.82) is 0 Å². The van der Waals surface area contributed by atoms with Crippen molar-refractivity contribution in [3.63, 3.8) is 0 Å². The van der Waals surface area contributed by atoms with Gasteiger partial charge in [-0.1, -0.05) is 37.3 Å². The first kappa shape index (κ1) is 21.5. The van der Waals surface area contributed by atoms with Crippen molar-refractivity contribution in [2.24, 2.45) is 0 Å². The average Bonchev–Trinajstić information content (AvgIpc) is 3.31. The summed E-state index contributed by atoms with van der Waals surface area (Å²) in [4.78, 5) is 6.09. The van der Waals surface area contributed by atoms with Gasteiger partial charge in [-0.3, -0.25) is 0 Å². The molecule has 0 amide bonds. The van der Waals surface area contributed by atoms with Gasteiger partial charge in [0.05, 0.1) is 29.9 Å². The zero-order valence-electron chi connectivity index (χ0n) is 18.9. The molecule has 0 bridgehead atoms. The predicted octanol–water partition coefficient (Wildman–Crippen LogP) is 3.04. The van der Waals surface area contributed by atoms with Crippen LogP contribution in [0, 0.1) is 0 Å². The highest BCUT2D eigenvalue weighted by molar-refractivity contribution is 6.62. The average molecular weight is 421 g/mol. The lowest BCUT2D eigenvalue weighted by atomic mass is 9.79. The number of tetrazole rings is 1. The van der Waals surface area contributed by atoms with Crippen LogP contribution in [0.15, 0.2) is 42.6 Å². The number of aromatic nitrogens is 5. The standard InChI is InChI=1S/C22H28BN5O3/c1-7-18(15-11-9-8-10-12-15)28-26-19(25-27-28)17-13-16(14-24-20(17)29-6)23-30-21(2,3)22(4,5)31-23/h8-14,18H,7H2,1-6H3/t18-/m1/s1. The lowest BCUT2D eigenvalue weighted by Crippen LogP contribution is -2.41. The number of nitrogens with zero attached hydrogens (tertiary/aromatic N) is 5. The van der Waals surface area contributed by atoms with E-state index in [4.69, 9.17) is 14.0 Å². The van der Waals surface area contributed by atoms with Crippen molar-refractivity contribution in [3.05, 3.63) is 48.2 Å². The molecule has 0 N–H and O–H groups in total. The highest BCUT2D eigenvalue weighted by atomic mass is 16.7. The first-order chi connectivity index (χ1) is 14.8. The minimum Gasteiger partial charge on any atom is -0.480 e. The largest absolute Gasteiger partial charge is 0.496 e. The van der Waals surface area contributed by atoms with Crippen molar-refractivity contribution >= 4 is 12.6 Å². The molecule has 8 nitrogen and oxygen atoms in total. The van der Waals surface area contributed by atoms with E-state index in [0.29, 0.717) is 17.3 Å². The fourth-order valence-electron chi connectivity index (χ4n) is 3.57. The molecule has 1 aliphatic rings. The SMILES string of the molecule is CC[C@H](c1ccccc1)n1nnc(-c2cc(B3OC(C)(C)C(C)(C)O3)cnc2OC)n1. The van der Waals surface area contributed by atoms with Crippen LogP contribution in [0.4, 0.5) is 0 Å². The molecule has 162 valence electrons. The Hall–Kier alpha value is -2.78. The Balaban J connectivity index is 1.68. The Labute approximate surface area is 183 Å². The van der Waals surface area contributed by atoms with Crippen LogP contribution in [0.1, 0.15) is 52.6 Å². The highest BCUT2D eigenvalue weighted by Crippen LogP contribution is 2.37. The maximum atomic E-state index is 6.17. The van der Waals surface area contributed by atoms with Crippen LogP contribution in [-0.2, 0) is 9.31 Å². The predicted molar refractivity (Wildman–Crippen MR) is 118 cm³/mol. The summed E-state index contributed by atoms with van der Waals surface area (Å²) < 4.78 is 17.8. The van der Waals surface area contributed by atoms with Crippen molar-refractivity contribution in [1.82, 2.24) is 25.2 Å². The van der Waals surface area contributed by atoms with Crippen LogP contribution in [-0.4, -0.2) is 50.6 Å². The molecule has 1 atom stereocenters. The molecule has 9 heteroatoms. The topological polar surface area (TPSA) is 84.2 Å². The van der Waals surface area contributed by atoms with Crippen LogP contribution in [0.5, 0.6) is 5.88 Å². The molecular formula is C22H28BN5O3. The third-order valence-corrected chi connectivity index (χ3v) is 6.11. The first-order valence-corrected chi connectivity index (χ1v) is 10.5. The Morgan fingerprint density at radius 3 is 2.39 bits per heavy atom. The second-order valence-corrected chi connectivity index (χ2v) is 8.68. The van der Waals surface area contributed by atoms with Gasteiger partial charge in [-0.15, -0.1) is 10.2 Å². The quantitative estimate of drug-likeness (QED) is 0.566. The Morgan fingerprint density at radius 1 is 1.10 bits per heavy atom. The zero-order valence-corrected chi connectivity index (χ0v) is 18.9. The van der Waals surface area contributed by atoms with Crippen molar-refractivity contribution in [3.8, 4) is 17.3 Å². The minimum absolute atomic E-state index is 0.00677. The van der Waals surface area contributed by atoms with E-state index >= 15 is 0 Å². The molecule has 31 heavy (non-hydrogen) atoms. The maximum Gasteiger partial charge on any atom is 0.496 e. The van der Waals surface area contributed by atoms with Crippen molar-refractivity contribution in [2.45, 2.75) is 58.3 Å². The summed E-state index contributed by atoms with van der Waals surface area (Å²) >= 11 is 0. The molecule has 2 aromatic heterocycles. The fraction of sp³-hybridized carbons (Fsp3) is 0.455. The summed E-state index contributed by atoms with van der Waals surface area (Å²) in [7, 11) is 1.04. The second-order valence-electron chi connectivity index (χ2n) is 8.68. The van der Waals surface area contributed by atoms with E-state index in [9.17, 15) is 0 Å². The Kier molecular flexibility index (Phi) is 5.57. The molecule has 1 fully saturated rings. The van der Waals surface area contributed by atoms with Crippen LogP contribution in [0.3, 0.4) is 0 Å². The summed E-state index contributed by atoms with van der Waals surface area (Å²) in [6.45, 7) is 10.2. The summed E-state index contributed by atoms with van der Waals surface area (Å²) in [6.07, 6.45) is 2.54. The van der Waals surface area contributed by atoms with Gasteiger partial charge in [-0.2, -0.15) is 4.80 Å². The van der Waals surface area contributed by atoms with Crippen LogP contribution in [0.25, 0.3) is 11.4 Å². The number of methoxy groups -OCH3 is 1. The van der Waals surface area contributed by atoms with E-state index in [1.54, 1.807) is 18.1 Å². The van der Waals surface area contributed by atoms with Crippen LogP contribution >= 0.6 is 0 Å². The van der Waals surface area contributed by atoms with E-state index < -0.39 is 18.3 Å². The summed E-state index contributed by atoms with van der Waals surface area (Å²) in [5, 5.41) is 13.3. The maximum absolute atomic E-state index is 6.17. The highest BCUT2D eigenvalue weighted by Gasteiger charge is 2.52. The monoisotopic (exact) mass is 421 g/mol. The third kappa shape index (κ3) is 3.95. The Morgan fingerprint density at radius 2 is 1.77 bits per heavy atom. The van der Waals surface area contributed by atoms with Gasteiger partial charge in [0.2, 0.25) is 11.7 Å². The molecule has 1 aliphatic heterocycles. The Bertz CT molecular complexity index is 1040. The van der Waals surface area contributed by atoms with Gasteiger partial charge in [0.1, 0.15) is 0 Å². The second kappa shape index (κ2) is 8.05. The lowest BCUT2D eigenvalue weighted by molar-refractivity contribution is 0.00578. The number of ether oxygens (including phenoxy) is 1. The van der Waals surface area contributed by atoms with Crippen molar-refractivity contribution < 1.29 is 14.0 Å². The molecule has 0 spiro atoms. The normalized spacial score (nSPS) is 18.2. The molecule has 1 aromatic carbocycles. The first-order valence-electron chi connectivity index (χ1n) is 10.5. The van der Waals surface area contributed by atoms with Gasteiger partial charge >= 0.3 is 7.12 Å². The van der Waals surface area contributed by atoms with Gasteiger partial charge in [0.25, 0.3) is 0 Å². The summed E-state index contributed by atoms with van der Waals surface area (Å²) in [5.74, 6) is 0.865. The number of hydrogen-bond donors (Lipinski definition) is 0. The molecule has 4 rings (SSSR count). The van der Waals surface area contributed by atoms with Crippen LogP contribution in [0.2, 0.25) is 0 Å². The molecule has 1 saturated heterocycles. The lowest BCUT2D eigenvalue weighted by Gasteiger charge is -2.32. The number of rotatable bonds is 6. The molecule has 0 unspecified atom stereocenters. The number of benzene rings is 1. The molecule has 0 aliphatic carbocycles. The van der Waals surface area contributed by atoms with Gasteiger partial charge in [-0.05, 0) is 51.0 Å². The third-order valence-electron chi connectivity index (χ3n) is 6.11. The van der Waals surface area contributed by atoms with Gasteiger partial charge in [0, 0.05) is 11.7 Å². The smallest absolute Gasteiger partial charge is 0.480 e. The molecule has 3 heterocycles. The van der Waals surface area contributed by atoms with E-state index in [1.807, 2.05) is 52.0 Å². The van der Waals surface area contributed by atoms with E-state index in [1.165, 1.54) is 0 Å². The number of pyridine rings is 1. The molecular weight excluding hydrogens is 393 g/mol. The molecule has 0 radical (unpaired) electrons. The summed E-state index contributed by atoms with van der Waals surface area (Å²) in [5.41, 5.74) is 1.67. The zero-order chi connectivity index (χ0) is 22.2. The molecule has 3 aromatic rings. The molecule has 0 saturated carbocycles. The van der Waals surface area contributed by atoms with Crippen molar-refractivity contribution in [2.75, 3.05) is 7.11 Å². The van der Waals surface area contributed by atoms with Gasteiger partial charge in [-0.25, -0.2) is 4.98 Å². The van der Waals surface area contributed by atoms with Crippen LogP contribution < -0.4 is 10.2 Å². The van der Waals surface area contributed by atoms with E-state index in [0.717, 1.165) is 17.4 Å². The van der Waals surface area contributed by atoms with Gasteiger partial charge < -0.3 is 14.0 Å². The van der Waals surface area contributed by atoms with Gasteiger partial charge in [0.15, 0.2) is 0 Å². The summed E-state index contributed by atoms with van der Waals surface area (Å²) in [6, 6.07) is 12.0. The minimum atomic E-state index is -0.537. The number of hydrogen-bond acceptors (Lipinski definition) is 7.